The first-order valence-electron chi connectivity index (χ1n) is 8.89. The number of aromatic nitrogens is 1. The fraction of sp³-hybridized carbons (Fsp3) is 0.381. The molecule has 0 saturated heterocycles. The third-order valence-electron chi connectivity index (χ3n) is 4.77. The number of amides is 1. The van der Waals surface area contributed by atoms with Crippen LogP contribution in [0.15, 0.2) is 18.2 Å². The average Bonchev–Trinajstić information content (AvgIpc) is 2.86. The molecule has 2 aromatic rings. The second kappa shape index (κ2) is 8.31. The molecule has 0 aliphatic heterocycles. The van der Waals surface area contributed by atoms with E-state index in [0.717, 1.165) is 16.8 Å². The number of nitrogens with one attached hydrogen (secondary N) is 2. The third-order valence-corrected chi connectivity index (χ3v) is 4.77. The van der Waals surface area contributed by atoms with Gasteiger partial charge in [-0.25, -0.2) is 0 Å². The number of hydrogen-bond donors (Lipinski definition) is 2. The lowest BCUT2D eigenvalue weighted by Crippen LogP contribution is -2.34. The molecule has 144 valence electrons. The number of H-pyrrole nitrogens is 1. The molecular weight excluding hydrogens is 342 g/mol. The molecule has 0 bridgehead atoms. The molecule has 0 aliphatic carbocycles. The first kappa shape index (κ1) is 20.6. The van der Waals surface area contributed by atoms with Gasteiger partial charge in [-0.1, -0.05) is 12.1 Å². The van der Waals surface area contributed by atoms with E-state index in [4.69, 9.17) is 0 Å². The zero-order valence-electron chi connectivity index (χ0n) is 16.8. The summed E-state index contributed by atoms with van der Waals surface area (Å²) < 4.78 is 0. The van der Waals surface area contributed by atoms with Gasteiger partial charge in [0.05, 0.1) is 18.8 Å². The molecule has 1 amide bonds. The minimum atomic E-state index is -0.178. The standard InChI is InChI=1S/C21H27N3O3/c1-12-8-7-9-17(13(12)2)23-19(27)11-24(6)10-18(26)21-14(3)20(16(5)25)15(4)22-21/h7-9,22H,10-11H2,1-6H3,(H,23,27). The molecule has 1 heterocycles. The fourth-order valence-electron chi connectivity index (χ4n) is 3.26. The van der Waals surface area contributed by atoms with Crippen LogP contribution in [0.2, 0.25) is 0 Å². The number of benzene rings is 1. The van der Waals surface area contributed by atoms with Crippen molar-refractivity contribution in [2.75, 3.05) is 25.5 Å². The fourth-order valence-corrected chi connectivity index (χ4v) is 3.26. The molecule has 27 heavy (non-hydrogen) atoms. The number of rotatable bonds is 7. The zero-order valence-corrected chi connectivity index (χ0v) is 16.8. The molecule has 2 N–H and O–H groups in total. The highest BCUT2D eigenvalue weighted by Crippen LogP contribution is 2.20. The number of aryl methyl sites for hydroxylation is 2. The summed E-state index contributed by atoms with van der Waals surface area (Å²) >= 11 is 0. The van der Waals surface area contributed by atoms with Crippen molar-refractivity contribution in [3.8, 4) is 0 Å². The molecule has 1 aromatic heterocycles. The highest BCUT2D eigenvalue weighted by Gasteiger charge is 2.21. The first-order chi connectivity index (χ1) is 12.6. The Kier molecular flexibility index (Phi) is 6.33. The van der Waals surface area contributed by atoms with Crippen LogP contribution in [-0.2, 0) is 4.79 Å². The average molecular weight is 369 g/mol. The van der Waals surface area contributed by atoms with Crippen molar-refractivity contribution in [2.45, 2.75) is 34.6 Å². The van der Waals surface area contributed by atoms with Crippen LogP contribution in [0.4, 0.5) is 5.69 Å². The van der Waals surface area contributed by atoms with Gasteiger partial charge >= 0.3 is 0 Å². The third kappa shape index (κ3) is 4.71. The van der Waals surface area contributed by atoms with Crippen LogP contribution >= 0.6 is 0 Å². The zero-order chi connectivity index (χ0) is 20.3. The van der Waals surface area contributed by atoms with Gasteiger partial charge in [0, 0.05) is 16.9 Å². The van der Waals surface area contributed by atoms with E-state index in [1.807, 2.05) is 32.0 Å². The van der Waals surface area contributed by atoms with E-state index < -0.39 is 0 Å². The monoisotopic (exact) mass is 369 g/mol. The Bertz CT molecular complexity index is 896. The van der Waals surface area contributed by atoms with Gasteiger partial charge in [0.1, 0.15) is 0 Å². The maximum absolute atomic E-state index is 12.6. The van der Waals surface area contributed by atoms with Crippen LogP contribution in [0.5, 0.6) is 0 Å². The number of carbonyl (C=O) groups is 3. The van der Waals surface area contributed by atoms with Crippen LogP contribution < -0.4 is 5.32 Å². The molecule has 6 nitrogen and oxygen atoms in total. The number of aromatic amines is 1. The Morgan fingerprint density at radius 3 is 2.30 bits per heavy atom. The first-order valence-corrected chi connectivity index (χ1v) is 8.89. The lowest BCUT2D eigenvalue weighted by Gasteiger charge is -2.16. The topological polar surface area (TPSA) is 82.3 Å². The Hall–Kier alpha value is -2.73. The molecule has 0 unspecified atom stereocenters. The summed E-state index contributed by atoms with van der Waals surface area (Å²) in [6.07, 6.45) is 0. The number of nitrogens with zero attached hydrogens (tertiary/aromatic N) is 1. The highest BCUT2D eigenvalue weighted by molar-refractivity contribution is 6.04. The van der Waals surface area contributed by atoms with E-state index in [-0.39, 0.29) is 30.6 Å². The minimum Gasteiger partial charge on any atom is -0.355 e. The van der Waals surface area contributed by atoms with Crippen LogP contribution in [0, 0.1) is 27.7 Å². The van der Waals surface area contributed by atoms with Gasteiger partial charge in [-0.05, 0) is 64.4 Å². The summed E-state index contributed by atoms with van der Waals surface area (Å²) in [4.78, 5) is 41.3. The van der Waals surface area contributed by atoms with E-state index in [1.165, 1.54) is 6.92 Å². The van der Waals surface area contributed by atoms with Gasteiger partial charge in [-0.3, -0.25) is 19.3 Å². The quantitative estimate of drug-likeness (QED) is 0.734. The summed E-state index contributed by atoms with van der Waals surface area (Å²) in [6.45, 7) is 9.16. The number of ketones is 2. The molecule has 0 atom stereocenters. The predicted molar refractivity (Wildman–Crippen MR) is 107 cm³/mol. The normalized spacial score (nSPS) is 10.9. The van der Waals surface area contributed by atoms with Crippen LogP contribution in [0.25, 0.3) is 0 Å². The molecule has 2 rings (SSSR count). The number of hydrogen-bond acceptors (Lipinski definition) is 4. The predicted octanol–water partition coefficient (Wildman–Crippen LogP) is 3.20. The van der Waals surface area contributed by atoms with Crippen LogP contribution in [-0.4, -0.2) is 47.5 Å². The van der Waals surface area contributed by atoms with E-state index >= 15 is 0 Å². The summed E-state index contributed by atoms with van der Waals surface area (Å²) in [7, 11) is 1.72. The number of Topliss-reactive ketones (excluding diaryl/α,β-unsaturated/α-hetero) is 2. The van der Waals surface area contributed by atoms with Gasteiger partial charge in [0.2, 0.25) is 5.91 Å². The number of likely N-dealkylation sites (N-methyl/N-ethyl adjacent to an activating group) is 1. The van der Waals surface area contributed by atoms with Crippen LogP contribution in [0.1, 0.15) is 50.2 Å². The van der Waals surface area contributed by atoms with Crippen molar-refractivity contribution in [3.63, 3.8) is 0 Å². The smallest absolute Gasteiger partial charge is 0.238 e. The Morgan fingerprint density at radius 1 is 1.04 bits per heavy atom. The lowest BCUT2D eigenvalue weighted by atomic mass is 10.1. The Balaban J connectivity index is 2.01. The number of anilines is 1. The van der Waals surface area contributed by atoms with Gasteiger partial charge in [0.15, 0.2) is 11.6 Å². The molecule has 6 heteroatoms. The molecule has 0 aliphatic rings. The Morgan fingerprint density at radius 2 is 1.70 bits per heavy atom. The van der Waals surface area contributed by atoms with E-state index in [1.54, 1.807) is 25.8 Å². The molecule has 0 spiro atoms. The largest absolute Gasteiger partial charge is 0.355 e. The van der Waals surface area contributed by atoms with Crippen molar-refractivity contribution >= 4 is 23.2 Å². The number of carbonyl (C=O) groups excluding carboxylic acids is 3. The maximum atomic E-state index is 12.6. The van der Waals surface area contributed by atoms with Gasteiger partial charge in [0.25, 0.3) is 0 Å². The summed E-state index contributed by atoms with van der Waals surface area (Å²) in [5.41, 5.74) is 5.26. The van der Waals surface area contributed by atoms with E-state index in [2.05, 4.69) is 10.3 Å². The lowest BCUT2D eigenvalue weighted by molar-refractivity contribution is -0.116. The van der Waals surface area contributed by atoms with Crippen LogP contribution in [0.3, 0.4) is 0 Å². The van der Waals surface area contributed by atoms with Crippen molar-refractivity contribution in [1.29, 1.82) is 0 Å². The van der Waals surface area contributed by atoms with Crippen molar-refractivity contribution in [2.24, 2.45) is 0 Å². The van der Waals surface area contributed by atoms with Gasteiger partial charge < -0.3 is 10.3 Å². The minimum absolute atomic E-state index is 0.0680. The summed E-state index contributed by atoms with van der Waals surface area (Å²) in [6, 6.07) is 5.75. The molecule has 0 fully saturated rings. The summed E-state index contributed by atoms with van der Waals surface area (Å²) in [5, 5.41) is 2.89. The van der Waals surface area contributed by atoms with Gasteiger partial charge in [-0.2, -0.15) is 0 Å². The van der Waals surface area contributed by atoms with Crippen molar-refractivity contribution in [3.05, 3.63) is 51.8 Å². The maximum Gasteiger partial charge on any atom is 0.238 e. The van der Waals surface area contributed by atoms with Crippen molar-refractivity contribution in [1.82, 2.24) is 9.88 Å². The summed E-state index contributed by atoms with van der Waals surface area (Å²) in [5.74, 6) is -0.394. The SMILES string of the molecule is CC(=O)c1c(C)[nH]c(C(=O)CN(C)CC(=O)Nc2cccc(C)c2C)c1C. The molecule has 1 aromatic carbocycles. The Labute approximate surface area is 160 Å². The second-order valence-corrected chi connectivity index (χ2v) is 7.07. The highest BCUT2D eigenvalue weighted by atomic mass is 16.2. The van der Waals surface area contributed by atoms with Crippen molar-refractivity contribution < 1.29 is 14.4 Å². The molecular formula is C21H27N3O3. The van der Waals surface area contributed by atoms with E-state index in [0.29, 0.717) is 22.5 Å². The molecule has 0 saturated carbocycles. The van der Waals surface area contributed by atoms with Gasteiger partial charge in [-0.15, -0.1) is 0 Å². The molecule has 0 radical (unpaired) electrons. The second-order valence-electron chi connectivity index (χ2n) is 7.07. The van der Waals surface area contributed by atoms with E-state index in [9.17, 15) is 14.4 Å².